The van der Waals surface area contributed by atoms with E-state index < -0.39 is 12.0 Å². The summed E-state index contributed by atoms with van der Waals surface area (Å²) in [4.78, 5) is 24.5. The second kappa shape index (κ2) is 6.02. The molecular formula is C10H14N4O4S. The number of aryl methyl sites for hydroxylation is 1. The quantitative estimate of drug-likeness (QED) is 0.784. The first-order valence-electron chi connectivity index (χ1n) is 5.71. The van der Waals surface area contributed by atoms with Crippen LogP contribution < -0.4 is 5.32 Å². The van der Waals surface area contributed by atoms with E-state index in [2.05, 4.69) is 15.5 Å². The van der Waals surface area contributed by atoms with E-state index in [1.54, 1.807) is 23.6 Å². The molecule has 1 amide bonds. The molecule has 1 fully saturated rings. The van der Waals surface area contributed by atoms with Gasteiger partial charge in [0.25, 0.3) is 0 Å². The molecule has 0 aliphatic carbocycles. The molecule has 2 heterocycles. The van der Waals surface area contributed by atoms with Crippen molar-refractivity contribution in [2.45, 2.75) is 13.0 Å². The average molecular weight is 286 g/mol. The molecule has 1 aromatic heterocycles. The summed E-state index contributed by atoms with van der Waals surface area (Å²) in [7, 11) is 0. The maximum atomic E-state index is 11.8. The van der Waals surface area contributed by atoms with Crippen molar-refractivity contribution in [3.05, 3.63) is 5.89 Å². The Kier molecular flexibility index (Phi) is 4.38. The van der Waals surface area contributed by atoms with E-state index in [0.717, 1.165) is 5.75 Å². The van der Waals surface area contributed by atoms with Crippen molar-refractivity contribution in [2.75, 3.05) is 29.9 Å². The van der Waals surface area contributed by atoms with Crippen LogP contribution in [0.25, 0.3) is 0 Å². The Morgan fingerprint density at radius 1 is 1.58 bits per heavy atom. The van der Waals surface area contributed by atoms with Gasteiger partial charge in [0.1, 0.15) is 6.04 Å². The third-order valence-corrected chi connectivity index (χ3v) is 3.67. The van der Waals surface area contributed by atoms with Crippen molar-refractivity contribution in [2.24, 2.45) is 0 Å². The Bertz CT molecular complexity index is 478. The first-order chi connectivity index (χ1) is 9.06. The van der Waals surface area contributed by atoms with E-state index in [4.69, 9.17) is 9.52 Å². The van der Waals surface area contributed by atoms with Crippen LogP contribution in [0.3, 0.4) is 0 Å². The van der Waals surface area contributed by atoms with Gasteiger partial charge < -0.3 is 9.52 Å². The number of carboxylic acid groups (broad SMARTS) is 1. The number of nitrogens with zero attached hydrogens (tertiary/aromatic N) is 3. The number of hydrogen-bond acceptors (Lipinski definition) is 7. The first kappa shape index (κ1) is 13.8. The molecule has 0 aromatic carbocycles. The highest BCUT2D eigenvalue weighted by Crippen LogP contribution is 2.16. The number of carbonyl (C=O) groups is 2. The van der Waals surface area contributed by atoms with Crippen LogP contribution in [-0.4, -0.2) is 62.7 Å². The maximum absolute atomic E-state index is 11.8. The monoisotopic (exact) mass is 286 g/mol. The summed E-state index contributed by atoms with van der Waals surface area (Å²) in [5, 5.41) is 18.8. The number of rotatable bonds is 4. The van der Waals surface area contributed by atoms with Crippen molar-refractivity contribution in [3.63, 3.8) is 0 Å². The fourth-order valence-electron chi connectivity index (χ4n) is 1.75. The van der Waals surface area contributed by atoms with Gasteiger partial charge in [-0.15, -0.1) is 5.10 Å². The standard InChI is InChI=1S/C10H14N4O4S/c1-6-12-13-10(18-6)11-8(15)4-14-2-3-19-5-7(14)9(16)17/h7H,2-5H2,1H3,(H,16,17)(H,11,13,15). The van der Waals surface area contributed by atoms with Crippen LogP contribution >= 0.6 is 11.8 Å². The van der Waals surface area contributed by atoms with Gasteiger partial charge in [0.2, 0.25) is 11.8 Å². The van der Waals surface area contributed by atoms with Gasteiger partial charge in [0.05, 0.1) is 6.54 Å². The fraction of sp³-hybridized carbons (Fsp3) is 0.600. The molecule has 2 rings (SSSR count). The van der Waals surface area contributed by atoms with Gasteiger partial charge in [-0.1, -0.05) is 5.10 Å². The number of thioether (sulfide) groups is 1. The molecule has 2 N–H and O–H groups in total. The van der Waals surface area contributed by atoms with Crippen molar-refractivity contribution in [3.8, 4) is 0 Å². The van der Waals surface area contributed by atoms with Crippen LogP contribution in [-0.2, 0) is 9.59 Å². The SMILES string of the molecule is Cc1nnc(NC(=O)CN2CCSCC2C(=O)O)o1. The Labute approximate surface area is 113 Å². The zero-order chi connectivity index (χ0) is 13.8. The Hall–Kier alpha value is -1.61. The average Bonchev–Trinajstić information content (AvgIpc) is 2.75. The largest absolute Gasteiger partial charge is 0.480 e. The van der Waals surface area contributed by atoms with E-state index in [1.807, 2.05) is 0 Å². The van der Waals surface area contributed by atoms with Gasteiger partial charge in [0.15, 0.2) is 0 Å². The zero-order valence-electron chi connectivity index (χ0n) is 10.3. The molecule has 1 saturated heterocycles. The third-order valence-electron chi connectivity index (χ3n) is 2.64. The third kappa shape index (κ3) is 3.67. The minimum Gasteiger partial charge on any atom is -0.480 e. The highest BCUT2D eigenvalue weighted by Gasteiger charge is 2.30. The smallest absolute Gasteiger partial charge is 0.322 e. The summed E-state index contributed by atoms with van der Waals surface area (Å²) in [5.74, 6) is 0.391. The zero-order valence-corrected chi connectivity index (χ0v) is 11.1. The molecule has 104 valence electrons. The maximum Gasteiger partial charge on any atom is 0.322 e. The van der Waals surface area contributed by atoms with E-state index in [-0.39, 0.29) is 18.5 Å². The fourth-order valence-corrected chi connectivity index (χ4v) is 2.85. The summed E-state index contributed by atoms with van der Waals surface area (Å²) < 4.78 is 5.02. The molecular weight excluding hydrogens is 272 g/mol. The van der Waals surface area contributed by atoms with Crippen LogP contribution in [0.15, 0.2) is 4.42 Å². The molecule has 1 atom stereocenters. The molecule has 9 heteroatoms. The number of hydrogen-bond donors (Lipinski definition) is 2. The lowest BCUT2D eigenvalue weighted by Gasteiger charge is -2.31. The molecule has 1 aliphatic heterocycles. The predicted molar refractivity (Wildman–Crippen MR) is 68.0 cm³/mol. The van der Waals surface area contributed by atoms with Gasteiger partial charge in [0, 0.05) is 25.0 Å². The Morgan fingerprint density at radius 3 is 3.00 bits per heavy atom. The number of carbonyl (C=O) groups excluding carboxylic acids is 1. The van der Waals surface area contributed by atoms with Crippen LogP contribution in [0.4, 0.5) is 6.01 Å². The summed E-state index contributed by atoms with van der Waals surface area (Å²) in [5.41, 5.74) is 0. The minimum atomic E-state index is -0.909. The van der Waals surface area contributed by atoms with Gasteiger partial charge in [-0.3, -0.25) is 19.8 Å². The van der Waals surface area contributed by atoms with Crippen LogP contribution in [0, 0.1) is 6.92 Å². The van der Waals surface area contributed by atoms with Crippen molar-refractivity contribution >= 4 is 29.7 Å². The molecule has 19 heavy (non-hydrogen) atoms. The van der Waals surface area contributed by atoms with Crippen LogP contribution in [0.5, 0.6) is 0 Å². The molecule has 0 spiro atoms. The summed E-state index contributed by atoms with van der Waals surface area (Å²) in [6.45, 7) is 2.18. The summed E-state index contributed by atoms with van der Waals surface area (Å²) in [6, 6.07) is -0.602. The molecule has 1 aliphatic rings. The van der Waals surface area contributed by atoms with Crippen molar-refractivity contribution < 1.29 is 19.1 Å². The number of carboxylic acids is 1. The number of aliphatic carboxylic acids is 1. The molecule has 0 saturated carbocycles. The lowest BCUT2D eigenvalue weighted by atomic mass is 10.2. The number of anilines is 1. The highest BCUT2D eigenvalue weighted by molar-refractivity contribution is 7.99. The summed E-state index contributed by atoms with van der Waals surface area (Å²) >= 11 is 1.57. The number of nitrogens with one attached hydrogen (secondary N) is 1. The lowest BCUT2D eigenvalue weighted by molar-refractivity contribution is -0.142. The predicted octanol–water partition coefficient (Wildman–Crippen LogP) is -0.181. The molecule has 8 nitrogen and oxygen atoms in total. The first-order valence-corrected chi connectivity index (χ1v) is 6.86. The Balaban J connectivity index is 1.91. The van der Waals surface area contributed by atoms with E-state index >= 15 is 0 Å². The van der Waals surface area contributed by atoms with E-state index in [1.165, 1.54) is 0 Å². The highest BCUT2D eigenvalue weighted by atomic mass is 32.2. The van der Waals surface area contributed by atoms with E-state index in [0.29, 0.717) is 18.2 Å². The topological polar surface area (TPSA) is 109 Å². The van der Waals surface area contributed by atoms with E-state index in [9.17, 15) is 9.59 Å². The second-order valence-corrected chi connectivity index (χ2v) is 5.22. The van der Waals surface area contributed by atoms with Gasteiger partial charge in [-0.2, -0.15) is 11.8 Å². The lowest BCUT2D eigenvalue weighted by Crippen LogP contribution is -2.50. The second-order valence-electron chi connectivity index (χ2n) is 4.07. The van der Waals surface area contributed by atoms with Crippen LogP contribution in [0.1, 0.15) is 5.89 Å². The van der Waals surface area contributed by atoms with Crippen molar-refractivity contribution in [1.82, 2.24) is 15.1 Å². The van der Waals surface area contributed by atoms with Crippen molar-refractivity contribution in [1.29, 1.82) is 0 Å². The number of amides is 1. The normalized spacial score (nSPS) is 20.2. The van der Waals surface area contributed by atoms with Gasteiger partial charge >= 0.3 is 12.0 Å². The van der Waals surface area contributed by atoms with Gasteiger partial charge in [-0.05, 0) is 0 Å². The van der Waals surface area contributed by atoms with Gasteiger partial charge in [-0.25, -0.2) is 0 Å². The van der Waals surface area contributed by atoms with Crippen LogP contribution in [0.2, 0.25) is 0 Å². The summed E-state index contributed by atoms with van der Waals surface area (Å²) in [6.07, 6.45) is 0. The number of aromatic nitrogens is 2. The molecule has 0 bridgehead atoms. The Morgan fingerprint density at radius 2 is 2.37 bits per heavy atom. The molecule has 1 aromatic rings. The molecule has 1 unspecified atom stereocenters. The minimum absolute atomic E-state index is 0.00104. The molecule has 0 radical (unpaired) electrons.